The predicted molar refractivity (Wildman–Crippen MR) is 374 cm³/mol. The van der Waals surface area contributed by atoms with Gasteiger partial charge in [0.15, 0.2) is 40.2 Å². The van der Waals surface area contributed by atoms with E-state index >= 15 is 0 Å². The molecular formula is C82H40N14. The summed E-state index contributed by atoms with van der Waals surface area (Å²) in [6, 6.07) is 81.4. The predicted octanol–water partition coefficient (Wildman–Crippen LogP) is 20.5. The van der Waals surface area contributed by atoms with Crippen LogP contribution in [0.25, 0.3) is 164 Å². The fourth-order valence-electron chi connectivity index (χ4n) is 12.8. The van der Waals surface area contributed by atoms with Gasteiger partial charge in [0.2, 0.25) is 0 Å². The first-order valence-corrected chi connectivity index (χ1v) is 30.0. The Bertz CT molecular complexity index is 5880. The molecule has 14 nitrogen and oxygen atoms in total. The third-order valence-corrected chi connectivity index (χ3v) is 17.3. The highest BCUT2D eigenvalue weighted by molar-refractivity contribution is 6.14. The molecule has 4 heterocycles. The Kier molecular flexibility index (Phi) is 14.3. The van der Waals surface area contributed by atoms with Crippen molar-refractivity contribution in [3.8, 4) is 125 Å². The summed E-state index contributed by atoms with van der Waals surface area (Å²) in [5, 5.41) is 44.0. The third kappa shape index (κ3) is 9.87. The SMILES string of the molecule is [C-]#[N+]c1ccc(-c2ccc3c(c2)c2cc(-c4ccc([N+]#[C-])cc4[N+]#[C-])ccc2n3-c2ccc(-c3nc(-c4ccccc4)nc(-c4ccccc4)n3)cc2-c2cnccc2-n2c3ccc(-c4ccc(C#N)cc4C#N)cc3c3cc(-c4ccc(C#N)cc4[N+]#[C-])ccc32)c(C#N)c1. The smallest absolute Gasteiger partial charge is 0.196 e. The summed E-state index contributed by atoms with van der Waals surface area (Å²) in [5.74, 6) is 1.37. The van der Waals surface area contributed by atoms with Crippen molar-refractivity contribution in [3.05, 3.63) is 311 Å². The Morgan fingerprint density at radius 2 is 0.729 bits per heavy atom. The van der Waals surface area contributed by atoms with Gasteiger partial charge in [-0.05, 0) is 148 Å². The van der Waals surface area contributed by atoms with Gasteiger partial charge in [-0.15, -0.1) is 0 Å². The van der Waals surface area contributed by atoms with E-state index < -0.39 is 0 Å². The van der Waals surface area contributed by atoms with Gasteiger partial charge in [0.1, 0.15) is 0 Å². The molecule has 0 unspecified atom stereocenters. The molecule has 0 atom stereocenters. The van der Waals surface area contributed by atoms with Gasteiger partial charge in [-0.25, -0.2) is 34.3 Å². The van der Waals surface area contributed by atoms with Crippen LogP contribution in [0, 0.1) is 71.6 Å². The summed E-state index contributed by atoms with van der Waals surface area (Å²) < 4.78 is 4.40. The number of aromatic nitrogens is 6. The number of hydrogen-bond acceptors (Lipinski definition) is 8. The van der Waals surface area contributed by atoms with Crippen molar-refractivity contribution in [2.45, 2.75) is 0 Å². The summed E-state index contributed by atoms with van der Waals surface area (Å²) in [6.45, 7) is 31.9. The highest BCUT2D eigenvalue weighted by atomic mass is 15.0. The molecular weight excluding hydrogens is 1180 g/mol. The fraction of sp³-hybridized carbons (Fsp3) is 0. The van der Waals surface area contributed by atoms with Gasteiger partial charge in [-0.3, -0.25) is 4.98 Å². The van der Waals surface area contributed by atoms with E-state index in [1.54, 1.807) is 72.9 Å². The standard InChI is InChI=1S/C82H40N14/c1-87-60-22-26-63(59(37-60)47-86)54-18-28-74-66(39-54)68-41-56(65-27-23-61(88-2)43-73(65)90-4)20-30-75(68)95(74)78-32-21-57(82-93-80(51-11-7-5-8-12-51)92-81(94-82)52-13-9-6-10-14-52)42-70(78)71-48-91-34-33-79(71)96-76-29-17-53(62-24-15-49(44-83)35-58(62)46-85)38-67(76)69-40-55(19-31-77(69)96)64-25-16-50(45-84)36-72(64)89-3/h5-43,48H. The number of hydrogen-bond donors (Lipinski definition) is 0. The van der Waals surface area contributed by atoms with Gasteiger partial charge in [0.25, 0.3) is 0 Å². The molecule has 96 heavy (non-hydrogen) atoms. The highest BCUT2D eigenvalue weighted by Crippen LogP contribution is 2.47. The average Bonchev–Trinajstić information content (AvgIpc) is 1.56. The number of rotatable bonds is 10. The zero-order chi connectivity index (χ0) is 65.6. The number of nitriles is 4. The lowest BCUT2D eigenvalue weighted by Gasteiger charge is -2.19. The van der Waals surface area contributed by atoms with E-state index in [2.05, 4.69) is 89.2 Å². The van der Waals surface area contributed by atoms with Crippen LogP contribution >= 0.6 is 0 Å². The van der Waals surface area contributed by atoms with E-state index in [1.165, 1.54) is 0 Å². The van der Waals surface area contributed by atoms with Gasteiger partial charge in [0.05, 0.1) is 95.1 Å². The molecule has 4 aromatic heterocycles. The molecule has 0 fully saturated rings. The quantitative estimate of drug-likeness (QED) is 0.122. The molecule has 15 aromatic rings. The van der Waals surface area contributed by atoms with Gasteiger partial charge in [0, 0.05) is 72.9 Å². The van der Waals surface area contributed by atoms with Crippen LogP contribution in [-0.4, -0.2) is 29.1 Å². The van der Waals surface area contributed by atoms with Crippen LogP contribution in [-0.2, 0) is 0 Å². The summed E-state index contributed by atoms with van der Waals surface area (Å²) in [7, 11) is 0. The minimum absolute atomic E-state index is 0.325. The van der Waals surface area contributed by atoms with Crippen molar-refractivity contribution in [1.82, 2.24) is 29.1 Å². The Morgan fingerprint density at radius 3 is 1.22 bits per heavy atom. The molecule has 11 aromatic carbocycles. The molecule has 0 aliphatic carbocycles. The molecule has 0 saturated heterocycles. The molecule has 0 radical (unpaired) electrons. The van der Waals surface area contributed by atoms with E-state index in [1.807, 2.05) is 134 Å². The van der Waals surface area contributed by atoms with E-state index in [9.17, 15) is 21.0 Å². The van der Waals surface area contributed by atoms with Crippen LogP contribution in [0.2, 0.25) is 0 Å². The van der Waals surface area contributed by atoms with Crippen molar-refractivity contribution >= 4 is 66.4 Å². The third-order valence-electron chi connectivity index (χ3n) is 17.3. The summed E-state index contributed by atoms with van der Waals surface area (Å²) >= 11 is 0. The van der Waals surface area contributed by atoms with Crippen molar-refractivity contribution in [2.75, 3.05) is 0 Å². The topological polar surface area (TPSA) is 174 Å². The van der Waals surface area contributed by atoms with E-state index in [0.717, 1.165) is 93.9 Å². The van der Waals surface area contributed by atoms with Crippen LogP contribution in [0.5, 0.6) is 0 Å². The minimum Gasteiger partial charge on any atom is -0.309 e. The monoisotopic (exact) mass is 1220 g/mol. The molecule has 14 heteroatoms. The van der Waals surface area contributed by atoms with Gasteiger partial charge >= 0.3 is 0 Å². The molecule has 15 rings (SSSR count). The van der Waals surface area contributed by atoms with Gasteiger partial charge < -0.3 is 9.13 Å². The first kappa shape index (κ1) is 57.5. The lowest BCUT2D eigenvalue weighted by atomic mass is 9.96. The summed E-state index contributed by atoms with van der Waals surface area (Å²) in [4.78, 5) is 35.4. The van der Waals surface area contributed by atoms with Crippen molar-refractivity contribution < 1.29 is 0 Å². The van der Waals surface area contributed by atoms with Gasteiger partial charge in [-0.2, -0.15) is 21.0 Å². The lowest BCUT2D eigenvalue weighted by Crippen LogP contribution is -2.04. The Balaban J connectivity index is 1.03. The Hall–Kier alpha value is -14.9. The van der Waals surface area contributed by atoms with Crippen LogP contribution in [0.4, 0.5) is 22.7 Å². The second-order valence-electron chi connectivity index (χ2n) is 22.6. The Morgan fingerprint density at radius 1 is 0.312 bits per heavy atom. The zero-order valence-electron chi connectivity index (χ0n) is 50.4. The average molecular weight is 1220 g/mol. The Labute approximate surface area is 549 Å². The first-order chi connectivity index (χ1) is 47.2. The fourth-order valence-corrected chi connectivity index (χ4v) is 12.8. The zero-order valence-corrected chi connectivity index (χ0v) is 50.4. The molecule has 0 saturated carbocycles. The van der Waals surface area contributed by atoms with E-state index in [-0.39, 0.29) is 0 Å². The van der Waals surface area contributed by atoms with Crippen LogP contribution in [0.3, 0.4) is 0 Å². The normalized spacial score (nSPS) is 10.8. The molecule has 0 aliphatic heterocycles. The largest absolute Gasteiger partial charge is 0.309 e. The maximum Gasteiger partial charge on any atom is 0.196 e. The molecule has 0 spiro atoms. The lowest BCUT2D eigenvalue weighted by molar-refractivity contribution is 1.07. The maximum absolute atomic E-state index is 10.5. The first-order valence-electron chi connectivity index (χ1n) is 30.0. The maximum atomic E-state index is 10.5. The molecule has 0 bridgehead atoms. The van der Waals surface area contributed by atoms with Crippen LogP contribution in [0.15, 0.2) is 243 Å². The number of fused-ring (bicyclic) bond motifs is 6. The van der Waals surface area contributed by atoms with Crippen molar-refractivity contribution in [2.24, 2.45) is 0 Å². The van der Waals surface area contributed by atoms with Crippen molar-refractivity contribution in [1.29, 1.82) is 21.0 Å². The van der Waals surface area contributed by atoms with E-state index in [0.29, 0.717) is 95.9 Å². The van der Waals surface area contributed by atoms with Gasteiger partial charge in [-0.1, -0.05) is 127 Å². The highest BCUT2D eigenvalue weighted by Gasteiger charge is 2.25. The minimum atomic E-state index is 0.325. The summed E-state index contributed by atoms with van der Waals surface area (Å²) in [6.07, 6.45) is 3.61. The summed E-state index contributed by atoms with van der Waals surface area (Å²) in [5.41, 5.74) is 16.7. The second kappa shape index (κ2) is 23.8. The molecule has 0 N–H and O–H groups in total. The molecule has 0 aliphatic rings. The van der Waals surface area contributed by atoms with E-state index in [4.69, 9.17) is 46.2 Å². The second-order valence-corrected chi connectivity index (χ2v) is 22.6. The van der Waals surface area contributed by atoms with Crippen LogP contribution in [0.1, 0.15) is 22.3 Å². The van der Waals surface area contributed by atoms with Crippen molar-refractivity contribution in [3.63, 3.8) is 0 Å². The van der Waals surface area contributed by atoms with Crippen LogP contribution < -0.4 is 0 Å². The number of pyridine rings is 1. The molecule has 438 valence electrons. The molecule has 0 amide bonds. The number of nitrogens with zero attached hydrogens (tertiary/aromatic N) is 14. The number of benzene rings is 11.